The number of amides is 2. The van der Waals surface area contributed by atoms with E-state index in [0.717, 1.165) is 5.56 Å². The van der Waals surface area contributed by atoms with E-state index in [1.54, 1.807) is 37.3 Å². The van der Waals surface area contributed by atoms with Gasteiger partial charge in [0.1, 0.15) is 23.1 Å². The quantitative estimate of drug-likeness (QED) is 0.872. The molecule has 2 aromatic carbocycles. The topological polar surface area (TPSA) is 49.4 Å². The van der Waals surface area contributed by atoms with Crippen molar-refractivity contribution in [2.45, 2.75) is 24.9 Å². The smallest absolute Gasteiger partial charge is 0.242 e. The Kier molecular flexibility index (Phi) is 5.56. The summed E-state index contributed by atoms with van der Waals surface area (Å²) in [5.74, 6) is -1.09. The Morgan fingerprint density at radius 1 is 1.23 bits per heavy atom. The average molecular weight is 376 g/mol. The summed E-state index contributed by atoms with van der Waals surface area (Å²) in [4.78, 5) is 26.2. The Hall–Kier alpha value is -2.41. The number of nitrogens with one attached hydrogen (secondary N) is 1. The third kappa shape index (κ3) is 3.88. The zero-order valence-corrected chi connectivity index (χ0v) is 14.9. The van der Waals surface area contributed by atoms with Crippen LogP contribution in [0.15, 0.2) is 48.5 Å². The van der Waals surface area contributed by atoms with Crippen LogP contribution in [0.3, 0.4) is 0 Å². The van der Waals surface area contributed by atoms with E-state index in [4.69, 9.17) is 0 Å². The second kappa shape index (κ2) is 7.86. The molecule has 2 atom stereocenters. The third-order valence-corrected chi connectivity index (χ3v) is 5.46. The van der Waals surface area contributed by atoms with E-state index in [-0.39, 0.29) is 29.9 Å². The van der Waals surface area contributed by atoms with Gasteiger partial charge in [0.15, 0.2) is 0 Å². The number of thioether (sulfide) groups is 1. The molecule has 1 N–H and O–H groups in total. The van der Waals surface area contributed by atoms with E-state index < -0.39 is 17.2 Å². The van der Waals surface area contributed by atoms with Gasteiger partial charge < -0.3 is 10.2 Å². The lowest BCUT2D eigenvalue weighted by Crippen LogP contribution is -2.46. The van der Waals surface area contributed by atoms with Gasteiger partial charge in [0.2, 0.25) is 11.8 Å². The number of benzene rings is 2. The lowest BCUT2D eigenvalue weighted by molar-refractivity contribution is -0.138. The highest BCUT2D eigenvalue weighted by molar-refractivity contribution is 8.00. The summed E-state index contributed by atoms with van der Waals surface area (Å²) in [7, 11) is 0. The number of carbonyl (C=O) groups excluding carboxylic acids is 2. The normalized spacial score (nSPS) is 18.0. The predicted octanol–water partition coefficient (Wildman–Crippen LogP) is 3.24. The van der Waals surface area contributed by atoms with Crippen LogP contribution in [0.5, 0.6) is 0 Å². The molecule has 0 aromatic heterocycles. The number of carbonyl (C=O) groups is 2. The minimum atomic E-state index is -0.748. The molecule has 3 rings (SSSR count). The van der Waals surface area contributed by atoms with Crippen LogP contribution < -0.4 is 5.32 Å². The molecule has 1 aliphatic heterocycles. The molecule has 0 radical (unpaired) electrons. The van der Waals surface area contributed by atoms with E-state index in [2.05, 4.69) is 5.32 Å². The van der Waals surface area contributed by atoms with Crippen LogP contribution in [-0.2, 0) is 16.1 Å². The molecule has 136 valence electrons. The van der Waals surface area contributed by atoms with Crippen LogP contribution in [-0.4, -0.2) is 28.5 Å². The van der Waals surface area contributed by atoms with Crippen molar-refractivity contribution in [2.75, 3.05) is 5.75 Å². The maximum atomic E-state index is 14.1. The fraction of sp³-hybridized carbons (Fsp3) is 0.263. The van der Waals surface area contributed by atoms with Gasteiger partial charge in [-0.2, -0.15) is 0 Å². The van der Waals surface area contributed by atoms with E-state index >= 15 is 0 Å². The summed E-state index contributed by atoms with van der Waals surface area (Å²) in [5.41, 5.74) is 1.14. The number of nitrogens with zero attached hydrogens (tertiary/aromatic N) is 1. The van der Waals surface area contributed by atoms with Gasteiger partial charge in [0.25, 0.3) is 0 Å². The van der Waals surface area contributed by atoms with Gasteiger partial charge >= 0.3 is 0 Å². The van der Waals surface area contributed by atoms with Crippen LogP contribution in [0.2, 0.25) is 0 Å². The second-order valence-corrected chi connectivity index (χ2v) is 7.07. The van der Waals surface area contributed by atoms with Gasteiger partial charge in [0.05, 0.1) is 5.75 Å². The monoisotopic (exact) mass is 376 g/mol. The van der Waals surface area contributed by atoms with Crippen molar-refractivity contribution in [1.29, 1.82) is 0 Å². The Bertz CT molecular complexity index is 813. The van der Waals surface area contributed by atoms with Crippen molar-refractivity contribution >= 4 is 23.6 Å². The van der Waals surface area contributed by atoms with Crippen LogP contribution in [0, 0.1) is 11.6 Å². The summed E-state index contributed by atoms with van der Waals surface area (Å²) in [5, 5.41) is 2.21. The van der Waals surface area contributed by atoms with E-state index in [1.165, 1.54) is 34.9 Å². The van der Waals surface area contributed by atoms with Crippen molar-refractivity contribution in [3.8, 4) is 0 Å². The molecular formula is C19H18F2N2O2S. The minimum absolute atomic E-state index is 0.201. The first-order chi connectivity index (χ1) is 12.5. The zero-order valence-electron chi connectivity index (χ0n) is 14.1. The molecule has 0 bridgehead atoms. The largest absolute Gasteiger partial charge is 0.350 e. The standard InChI is InChI=1S/C19H18F2N2O2S/c1-12(18(25)22-10-13-6-8-14(20)9-7-13)23-17(24)11-26-19(23)15-4-2-3-5-16(15)21/h2-9,12,19H,10-11H2,1H3,(H,22,25)/t12-,19-/m1/s1. The first-order valence-electron chi connectivity index (χ1n) is 8.16. The van der Waals surface area contributed by atoms with Crippen molar-refractivity contribution in [1.82, 2.24) is 10.2 Å². The Labute approximate surface area is 154 Å². The van der Waals surface area contributed by atoms with Crippen LogP contribution >= 0.6 is 11.8 Å². The van der Waals surface area contributed by atoms with Crippen molar-refractivity contribution in [2.24, 2.45) is 0 Å². The van der Waals surface area contributed by atoms with Crippen molar-refractivity contribution in [3.63, 3.8) is 0 Å². The Morgan fingerprint density at radius 2 is 1.92 bits per heavy atom. The highest BCUT2D eigenvalue weighted by Crippen LogP contribution is 2.40. The van der Waals surface area contributed by atoms with Crippen molar-refractivity contribution < 1.29 is 18.4 Å². The molecule has 1 heterocycles. The first-order valence-corrected chi connectivity index (χ1v) is 9.21. The van der Waals surface area contributed by atoms with Crippen molar-refractivity contribution in [3.05, 3.63) is 71.3 Å². The Morgan fingerprint density at radius 3 is 2.62 bits per heavy atom. The molecule has 2 aromatic rings. The van der Waals surface area contributed by atoms with Gasteiger partial charge in [0, 0.05) is 12.1 Å². The maximum Gasteiger partial charge on any atom is 0.242 e. The molecule has 1 fully saturated rings. The second-order valence-electron chi connectivity index (χ2n) is 6.01. The molecule has 0 saturated carbocycles. The SMILES string of the molecule is C[C@H](C(=O)NCc1ccc(F)cc1)N1C(=O)CS[C@@H]1c1ccccc1F. The summed E-state index contributed by atoms with van der Waals surface area (Å²) in [6.07, 6.45) is 0. The van der Waals surface area contributed by atoms with Gasteiger partial charge in [-0.3, -0.25) is 9.59 Å². The van der Waals surface area contributed by atoms with Crippen LogP contribution in [0.4, 0.5) is 8.78 Å². The lowest BCUT2D eigenvalue weighted by Gasteiger charge is -2.29. The predicted molar refractivity (Wildman–Crippen MR) is 96.2 cm³/mol. The molecule has 0 aliphatic carbocycles. The van der Waals surface area contributed by atoms with E-state index in [1.807, 2.05) is 0 Å². The summed E-state index contributed by atoms with van der Waals surface area (Å²) >= 11 is 1.30. The number of hydrogen-bond donors (Lipinski definition) is 1. The average Bonchev–Trinajstić information content (AvgIpc) is 3.02. The summed E-state index contributed by atoms with van der Waals surface area (Å²) in [6, 6.07) is 11.3. The first kappa shape index (κ1) is 18.4. The fourth-order valence-corrected chi connectivity index (χ4v) is 4.12. The molecule has 0 spiro atoms. The number of hydrogen-bond acceptors (Lipinski definition) is 3. The van der Waals surface area contributed by atoms with Gasteiger partial charge in [-0.05, 0) is 30.7 Å². The summed E-state index contributed by atoms with van der Waals surface area (Å²) < 4.78 is 27.1. The molecular weight excluding hydrogens is 358 g/mol. The lowest BCUT2D eigenvalue weighted by atomic mass is 10.1. The minimum Gasteiger partial charge on any atom is -0.350 e. The van der Waals surface area contributed by atoms with Crippen LogP contribution in [0.1, 0.15) is 23.4 Å². The zero-order chi connectivity index (χ0) is 18.7. The highest BCUT2D eigenvalue weighted by atomic mass is 32.2. The van der Waals surface area contributed by atoms with E-state index in [0.29, 0.717) is 5.56 Å². The van der Waals surface area contributed by atoms with Gasteiger partial charge in [-0.1, -0.05) is 30.3 Å². The summed E-state index contributed by atoms with van der Waals surface area (Å²) in [6.45, 7) is 1.85. The highest BCUT2D eigenvalue weighted by Gasteiger charge is 2.39. The maximum absolute atomic E-state index is 14.1. The fourth-order valence-electron chi connectivity index (χ4n) is 2.84. The molecule has 1 aliphatic rings. The molecule has 7 heteroatoms. The van der Waals surface area contributed by atoms with Gasteiger partial charge in [-0.25, -0.2) is 8.78 Å². The molecule has 0 unspecified atom stereocenters. The number of halogens is 2. The number of rotatable bonds is 5. The molecule has 2 amide bonds. The van der Waals surface area contributed by atoms with Gasteiger partial charge in [-0.15, -0.1) is 11.8 Å². The Balaban J connectivity index is 1.70. The molecule has 1 saturated heterocycles. The third-order valence-electron chi connectivity index (χ3n) is 4.25. The van der Waals surface area contributed by atoms with Crippen LogP contribution in [0.25, 0.3) is 0 Å². The molecule has 4 nitrogen and oxygen atoms in total. The molecule has 26 heavy (non-hydrogen) atoms. The van der Waals surface area contributed by atoms with E-state index in [9.17, 15) is 18.4 Å².